The van der Waals surface area contributed by atoms with E-state index in [9.17, 15) is 4.79 Å². The van der Waals surface area contributed by atoms with Gasteiger partial charge < -0.3 is 14.4 Å². The van der Waals surface area contributed by atoms with Crippen LogP contribution in [0.15, 0.2) is 30.3 Å². The molecule has 20 heavy (non-hydrogen) atoms. The highest BCUT2D eigenvalue weighted by molar-refractivity contribution is 5.76. The molecule has 0 N–H and O–H groups in total. The van der Waals surface area contributed by atoms with Crippen molar-refractivity contribution in [2.45, 2.75) is 25.9 Å². The molecule has 1 heterocycles. The van der Waals surface area contributed by atoms with Gasteiger partial charge in [0.2, 0.25) is 5.91 Å². The van der Waals surface area contributed by atoms with Gasteiger partial charge in [-0.2, -0.15) is 0 Å². The smallest absolute Gasteiger partial charge is 0.225 e. The molecule has 1 fully saturated rings. The summed E-state index contributed by atoms with van der Waals surface area (Å²) in [6.45, 7) is 6.96. The second kappa shape index (κ2) is 6.86. The molecule has 0 aromatic heterocycles. The molecule has 0 radical (unpaired) electrons. The van der Waals surface area contributed by atoms with Gasteiger partial charge in [-0.05, 0) is 19.4 Å². The highest BCUT2D eigenvalue weighted by Crippen LogP contribution is 2.29. The van der Waals surface area contributed by atoms with Gasteiger partial charge in [-0.3, -0.25) is 4.79 Å². The van der Waals surface area contributed by atoms with Crippen LogP contribution in [-0.2, 0) is 19.9 Å². The maximum absolute atomic E-state index is 12.2. The number of benzene rings is 1. The third-order valence-corrected chi connectivity index (χ3v) is 3.68. The Labute approximate surface area is 120 Å². The fourth-order valence-electron chi connectivity index (χ4n) is 2.51. The van der Waals surface area contributed by atoms with Gasteiger partial charge in [0.15, 0.2) is 0 Å². The number of rotatable bonds is 5. The Hall–Kier alpha value is -1.39. The summed E-state index contributed by atoms with van der Waals surface area (Å²) in [6.07, 6.45) is 0.443. The summed E-state index contributed by atoms with van der Waals surface area (Å²) in [7, 11) is 0. The average Bonchev–Trinajstić information content (AvgIpc) is 2.48. The van der Waals surface area contributed by atoms with Crippen LogP contribution in [0.4, 0.5) is 0 Å². The van der Waals surface area contributed by atoms with E-state index in [-0.39, 0.29) is 5.91 Å². The van der Waals surface area contributed by atoms with Crippen LogP contribution in [0.3, 0.4) is 0 Å². The topological polar surface area (TPSA) is 38.8 Å². The second-order valence-electron chi connectivity index (χ2n) is 5.21. The third kappa shape index (κ3) is 3.58. The minimum atomic E-state index is -0.416. The predicted octanol–water partition coefficient (Wildman–Crippen LogP) is 2.19. The van der Waals surface area contributed by atoms with E-state index < -0.39 is 5.60 Å². The summed E-state index contributed by atoms with van der Waals surface area (Å²) >= 11 is 0. The summed E-state index contributed by atoms with van der Waals surface area (Å²) in [4.78, 5) is 14.1. The van der Waals surface area contributed by atoms with Crippen LogP contribution in [0, 0.1) is 0 Å². The lowest BCUT2D eigenvalue weighted by Crippen LogP contribution is -2.50. The normalized spacial score (nSPS) is 22.8. The first-order valence-electron chi connectivity index (χ1n) is 7.21. The monoisotopic (exact) mass is 277 g/mol. The van der Waals surface area contributed by atoms with Crippen molar-refractivity contribution in [2.24, 2.45) is 0 Å². The lowest BCUT2D eigenvalue weighted by atomic mass is 9.94. The predicted molar refractivity (Wildman–Crippen MR) is 77.4 cm³/mol. The molecule has 0 saturated carbocycles. The molecule has 4 nitrogen and oxygen atoms in total. The average molecular weight is 277 g/mol. The highest BCUT2D eigenvalue weighted by Gasteiger charge is 2.35. The van der Waals surface area contributed by atoms with Gasteiger partial charge in [0.05, 0.1) is 26.2 Å². The molecule has 2 rings (SSSR count). The molecule has 0 unspecified atom stereocenters. The summed E-state index contributed by atoms with van der Waals surface area (Å²) in [5.74, 6) is 0.143. The van der Waals surface area contributed by atoms with Gasteiger partial charge in [-0.1, -0.05) is 30.3 Å². The van der Waals surface area contributed by atoms with Crippen molar-refractivity contribution < 1.29 is 14.3 Å². The molecule has 0 spiro atoms. The second-order valence-corrected chi connectivity index (χ2v) is 5.21. The molecule has 0 aliphatic carbocycles. The van der Waals surface area contributed by atoms with E-state index in [0.29, 0.717) is 39.3 Å². The number of carbonyl (C=O) groups is 1. The van der Waals surface area contributed by atoms with Crippen LogP contribution in [0.5, 0.6) is 0 Å². The maximum atomic E-state index is 12.2. The zero-order valence-electron chi connectivity index (χ0n) is 12.3. The Balaban J connectivity index is 1.99. The van der Waals surface area contributed by atoms with Crippen molar-refractivity contribution in [3.05, 3.63) is 35.9 Å². The Morgan fingerprint density at radius 1 is 1.40 bits per heavy atom. The first-order valence-corrected chi connectivity index (χ1v) is 7.21. The van der Waals surface area contributed by atoms with Gasteiger partial charge in [-0.15, -0.1) is 0 Å². The van der Waals surface area contributed by atoms with Crippen LogP contribution >= 0.6 is 0 Å². The zero-order chi connectivity index (χ0) is 14.4. The first-order chi connectivity index (χ1) is 9.65. The molecule has 1 aromatic rings. The summed E-state index contributed by atoms with van der Waals surface area (Å²) in [5.41, 5.74) is 0.697. The van der Waals surface area contributed by atoms with Gasteiger partial charge in [0, 0.05) is 13.2 Å². The summed E-state index contributed by atoms with van der Waals surface area (Å²) in [5, 5.41) is 0. The first kappa shape index (κ1) is 15.0. The molecule has 4 heteroatoms. The fourth-order valence-corrected chi connectivity index (χ4v) is 2.51. The molecule has 1 amide bonds. The van der Waals surface area contributed by atoms with Crippen molar-refractivity contribution >= 4 is 5.91 Å². The van der Waals surface area contributed by atoms with E-state index >= 15 is 0 Å². The van der Waals surface area contributed by atoms with E-state index in [1.807, 2.05) is 49.1 Å². The molecule has 1 aromatic carbocycles. The molecule has 110 valence electrons. The third-order valence-electron chi connectivity index (χ3n) is 3.68. The van der Waals surface area contributed by atoms with Crippen LogP contribution in [0.25, 0.3) is 0 Å². The van der Waals surface area contributed by atoms with E-state index in [1.54, 1.807) is 0 Å². The molecular weight excluding hydrogens is 254 g/mol. The lowest BCUT2D eigenvalue weighted by Gasteiger charge is -2.41. The Kier molecular flexibility index (Phi) is 5.15. The number of amides is 1. The number of hydrogen-bond acceptors (Lipinski definition) is 3. The standard InChI is InChI=1S/C16H23NO3/c1-3-19-11-9-15(18)17-10-12-20-16(2,13-17)14-7-5-4-6-8-14/h4-8H,3,9-13H2,1-2H3/t16-/m0/s1. The molecular formula is C16H23NO3. The van der Waals surface area contributed by atoms with E-state index in [4.69, 9.17) is 9.47 Å². The number of ether oxygens (including phenoxy) is 2. The number of nitrogens with zero attached hydrogens (tertiary/aromatic N) is 1. The lowest BCUT2D eigenvalue weighted by molar-refractivity contribution is -0.150. The Bertz CT molecular complexity index is 435. The summed E-state index contributed by atoms with van der Waals surface area (Å²) < 4.78 is 11.2. The fraction of sp³-hybridized carbons (Fsp3) is 0.562. The minimum Gasteiger partial charge on any atom is -0.381 e. The molecule has 0 bridgehead atoms. The number of hydrogen-bond donors (Lipinski definition) is 0. The Morgan fingerprint density at radius 2 is 2.15 bits per heavy atom. The Morgan fingerprint density at radius 3 is 2.85 bits per heavy atom. The van der Waals surface area contributed by atoms with Gasteiger partial charge in [0.1, 0.15) is 5.60 Å². The van der Waals surface area contributed by atoms with Crippen molar-refractivity contribution in [3.8, 4) is 0 Å². The van der Waals surface area contributed by atoms with Gasteiger partial charge in [-0.25, -0.2) is 0 Å². The van der Waals surface area contributed by atoms with E-state index in [2.05, 4.69) is 0 Å². The van der Waals surface area contributed by atoms with Crippen molar-refractivity contribution in [3.63, 3.8) is 0 Å². The van der Waals surface area contributed by atoms with Crippen LogP contribution < -0.4 is 0 Å². The highest BCUT2D eigenvalue weighted by atomic mass is 16.5. The van der Waals surface area contributed by atoms with Crippen molar-refractivity contribution in [2.75, 3.05) is 32.9 Å². The molecule has 1 aliphatic heterocycles. The van der Waals surface area contributed by atoms with Crippen molar-refractivity contribution in [1.82, 2.24) is 4.90 Å². The van der Waals surface area contributed by atoms with Crippen LogP contribution in [-0.4, -0.2) is 43.7 Å². The minimum absolute atomic E-state index is 0.143. The van der Waals surface area contributed by atoms with Crippen LogP contribution in [0.2, 0.25) is 0 Å². The number of morpholine rings is 1. The SMILES string of the molecule is CCOCCC(=O)N1CCO[C@](C)(c2ccccc2)C1. The van der Waals surface area contributed by atoms with Crippen molar-refractivity contribution in [1.29, 1.82) is 0 Å². The maximum Gasteiger partial charge on any atom is 0.225 e. The zero-order valence-corrected chi connectivity index (χ0v) is 12.3. The molecule has 1 aliphatic rings. The largest absolute Gasteiger partial charge is 0.381 e. The number of carbonyl (C=O) groups excluding carboxylic acids is 1. The quantitative estimate of drug-likeness (QED) is 0.774. The van der Waals surface area contributed by atoms with Gasteiger partial charge >= 0.3 is 0 Å². The van der Waals surface area contributed by atoms with Crippen LogP contribution in [0.1, 0.15) is 25.8 Å². The molecule has 1 atom stereocenters. The van der Waals surface area contributed by atoms with Gasteiger partial charge in [0.25, 0.3) is 0 Å². The molecule has 1 saturated heterocycles. The summed E-state index contributed by atoms with van der Waals surface area (Å²) in [6, 6.07) is 10.1. The van der Waals surface area contributed by atoms with E-state index in [1.165, 1.54) is 0 Å². The van der Waals surface area contributed by atoms with E-state index in [0.717, 1.165) is 5.56 Å².